The van der Waals surface area contributed by atoms with Crippen LogP contribution < -0.4 is 5.32 Å². The van der Waals surface area contributed by atoms with E-state index in [0.29, 0.717) is 16.8 Å². The summed E-state index contributed by atoms with van der Waals surface area (Å²) in [6, 6.07) is 5.44. The second-order valence-electron chi connectivity index (χ2n) is 5.68. The number of nitrogens with zero attached hydrogens (tertiary/aromatic N) is 2. The molecule has 1 saturated carbocycles. The molecule has 1 heterocycles. The van der Waals surface area contributed by atoms with Crippen LogP contribution in [0.2, 0.25) is 5.15 Å². The number of anilines is 1. The molecule has 0 spiro atoms. The molecule has 0 radical (unpaired) electrons. The van der Waals surface area contributed by atoms with Crippen LogP contribution in [0.5, 0.6) is 0 Å². The first kappa shape index (κ1) is 15.8. The largest absolute Gasteiger partial charge is 0.466 e. The van der Waals surface area contributed by atoms with Gasteiger partial charge in [0.2, 0.25) is 5.91 Å². The number of nitrogens with one attached hydrogen (secondary N) is 1. The molecule has 1 fully saturated rings. The first-order chi connectivity index (χ1) is 11.1. The molecule has 0 bridgehead atoms. The zero-order chi connectivity index (χ0) is 16.4. The van der Waals surface area contributed by atoms with Gasteiger partial charge in [-0.25, -0.2) is 0 Å². The molecule has 3 rings (SSSR count). The SMILES string of the molecule is CCOC(=O)CC(=O)Nc1ccc2c(c1)c(Cl)nn2CC1CC1. The molecule has 0 unspecified atom stereocenters. The van der Waals surface area contributed by atoms with Gasteiger partial charge in [0, 0.05) is 17.6 Å². The monoisotopic (exact) mass is 335 g/mol. The van der Waals surface area contributed by atoms with Crippen molar-refractivity contribution >= 4 is 40.1 Å². The van der Waals surface area contributed by atoms with Crippen molar-refractivity contribution < 1.29 is 14.3 Å². The van der Waals surface area contributed by atoms with E-state index >= 15 is 0 Å². The fraction of sp³-hybridized carbons (Fsp3) is 0.438. The Hall–Kier alpha value is -2.08. The van der Waals surface area contributed by atoms with Crippen molar-refractivity contribution in [1.82, 2.24) is 9.78 Å². The Morgan fingerprint density at radius 3 is 2.91 bits per heavy atom. The summed E-state index contributed by atoms with van der Waals surface area (Å²) in [4.78, 5) is 23.1. The number of carbonyl (C=O) groups excluding carboxylic acids is 2. The number of ether oxygens (including phenoxy) is 1. The molecule has 1 amide bonds. The van der Waals surface area contributed by atoms with Gasteiger partial charge in [0.15, 0.2) is 5.15 Å². The van der Waals surface area contributed by atoms with Crippen LogP contribution in [0, 0.1) is 5.92 Å². The molecule has 1 aromatic heterocycles. The molecule has 6 nitrogen and oxygen atoms in total. The van der Waals surface area contributed by atoms with E-state index in [1.807, 2.05) is 10.7 Å². The Bertz CT molecular complexity index is 752. The Morgan fingerprint density at radius 2 is 2.22 bits per heavy atom. The van der Waals surface area contributed by atoms with Crippen molar-refractivity contribution in [1.29, 1.82) is 0 Å². The van der Waals surface area contributed by atoms with Crippen LogP contribution in [0.4, 0.5) is 5.69 Å². The minimum Gasteiger partial charge on any atom is -0.466 e. The van der Waals surface area contributed by atoms with E-state index in [1.165, 1.54) is 12.8 Å². The third-order valence-corrected chi connectivity index (χ3v) is 4.01. The van der Waals surface area contributed by atoms with E-state index in [2.05, 4.69) is 10.4 Å². The van der Waals surface area contributed by atoms with Crippen LogP contribution in [0.25, 0.3) is 10.9 Å². The zero-order valence-corrected chi connectivity index (χ0v) is 13.6. The van der Waals surface area contributed by atoms with Crippen molar-refractivity contribution in [3.05, 3.63) is 23.4 Å². The van der Waals surface area contributed by atoms with Gasteiger partial charge in [-0.3, -0.25) is 14.3 Å². The minimum atomic E-state index is -0.540. The van der Waals surface area contributed by atoms with Crippen LogP contribution in [0.15, 0.2) is 18.2 Å². The highest BCUT2D eigenvalue weighted by molar-refractivity contribution is 6.34. The third kappa shape index (κ3) is 3.82. The lowest BCUT2D eigenvalue weighted by Gasteiger charge is -2.06. The number of halogens is 1. The van der Waals surface area contributed by atoms with Gasteiger partial charge in [-0.2, -0.15) is 5.10 Å². The minimum absolute atomic E-state index is 0.258. The summed E-state index contributed by atoms with van der Waals surface area (Å²) in [5, 5.41) is 8.25. The Kier molecular flexibility index (Phi) is 4.52. The third-order valence-electron chi connectivity index (χ3n) is 3.73. The van der Waals surface area contributed by atoms with Crippen molar-refractivity contribution in [2.75, 3.05) is 11.9 Å². The number of benzene rings is 1. The van der Waals surface area contributed by atoms with Crippen LogP contribution in [-0.2, 0) is 20.9 Å². The van der Waals surface area contributed by atoms with Crippen LogP contribution in [0.3, 0.4) is 0 Å². The molecule has 0 saturated heterocycles. The normalized spacial score (nSPS) is 14.0. The van der Waals surface area contributed by atoms with E-state index in [4.69, 9.17) is 16.3 Å². The fourth-order valence-corrected chi connectivity index (χ4v) is 2.69. The smallest absolute Gasteiger partial charge is 0.315 e. The van der Waals surface area contributed by atoms with Crippen molar-refractivity contribution in [3.63, 3.8) is 0 Å². The number of amides is 1. The predicted molar refractivity (Wildman–Crippen MR) is 87.3 cm³/mol. The van der Waals surface area contributed by atoms with E-state index in [-0.39, 0.29) is 13.0 Å². The maximum absolute atomic E-state index is 11.8. The number of hydrogen-bond donors (Lipinski definition) is 1. The molecule has 0 aliphatic heterocycles. The maximum atomic E-state index is 11.8. The first-order valence-electron chi connectivity index (χ1n) is 7.68. The molecule has 1 aliphatic rings. The van der Waals surface area contributed by atoms with E-state index in [1.54, 1.807) is 19.1 Å². The molecule has 23 heavy (non-hydrogen) atoms. The summed E-state index contributed by atoms with van der Waals surface area (Å²) in [5.74, 6) is -0.260. The topological polar surface area (TPSA) is 73.2 Å². The molecule has 2 aromatic rings. The molecular formula is C16H18ClN3O3. The van der Waals surface area contributed by atoms with Crippen molar-refractivity contribution in [2.24, 2.45) is 5.92 Å². The quantitative estimate of drug-likeness (QED) is 0.650. The highest BCUT2D eigenvalue weighted by Crippen LogP contribution is 2.33. The van der Waals surface area contributed by atoms with Crippen LogP contribution in [-0.4, -0.2) is 28.3 Å². The van der Waals surface area contributed by atoms with Gasteiger partial charge in [0.05, 0.1) is 12.1 Å². The summed E-state index contributed by atoms with van der Waals surface area (Å²) in [6.07, 6.45) is 2.17. The Labute approximate surface area is 138 Å². The van der Waals surface area contributed by atoms with Gasteiger partial charge in [-0.05, 0) is 43.9 Å². The predicted octanol–water partition coefficient (Wildman–Crippen LogP) is 2.99. The van der Waals surface area contributed by atoms with Crippen LogP contribution in [0.1, 0.15) is 26.2 Å². The summed E-state index contributed by atoms with van der Waals surface area (Å²) in [6.45, 7) is 2.83. The molecule has 1 aromatic carbocycles. The Balaban J connectivity index is 1.73. The number of carbonyl (C=O) groups is 2. The molecule has 122 valence electrons. The maximum Gasteiger partial charge on any atom is 0.315 e. The van der Waals surface area contributed by atoms with Gasteiger partial charge in [-0.1, -0.05) is 11.6 Å². The number of hydrogen-bond acceptors (Lipinski definition) is 4. The van der Waals surface area contributed by atoms with Crippen molar-refractivity contribution in [3.8, 4) is 0 Å². The van der Waals surface area contributed by atoms with Crippen LogP contribution >= 0.6 is 11.6 Å². The number of esters is 1. The summed E-state index contributed by atoms with van der Waals surface area (Å²) < 4.78 is 6.67. The average Bonchev–Trinajstić information content (AvgIpc) is 3.25. The molecule has 1 aliphatic carbocycles. The molecular weight excluding hydrogens is 318 g/mol. The summed E-state index contributed by atoms with van der Waals surface area (Å²) in [7, 11) is 0. The standard InChI is InChI=1S/C16H18ClN3O3/c1-2-23-15(22)8-14(21)18-11-5-6-13-12(7-11)16(17)19-20(13)9-10-3-4-10/h5-7,10H,2-4,8-9H2,1H3,(H,18,21). The van der Waals surface area contributed by atoms with E-state index in [9.17, 15) is 9.59 Å². The van der Waals surface area contributed by atoms with Gasteiger partial charge in [0.25, 0.3) is 0 Å². The number of fused-ring (bicyclic) bond motifs is 1. The highest BCUT2D eigenvalue weighted by Gasteiger charge is 2.23. The van der Waals surface area contributed by atoms with E-state index < -0.39 is 11.9 Å². The number of rotatable bonds is 6. The highest BCUT2D eigenvalue weighted by atomic mass is 35.5. The molecule has 1 N–H and O–H groups in total. The first-order valence-corrected chi connectivity index (χ1v) is 8.06. The second kappa shape index (κ2) is 6.58. The van der Waals surface area contributed by atoms with E-state index in [0.717, 1.165) is 17.4 Å². The van der Waals surface area contributed by atoms with Crippen molar-refractivity contribution in [2.45, 2.75) is 32.7 Å². The zero-order valence-electron chi connectivity index (χ0n) is 12.8. The second-order valence-corrected chi connectivity index (χ2v) is 6.04. The molecule has 7 heteroatoms. The lowest BCUT2D eigenvalue weighted by molar-refractivity contribution is -0.145. The Morgan fingerprint density at radius 1 is 1.43 bits per heavy atom. The number of aromatic nitrogens is 2. The lowest BCUT2D eigenvalue weighted by Crippen LogP contribution is -2.18. The van der Waals surface area contributed by atoms with Gasteiger partial charge in [-0.15, -0.1) is 0 Å². The van der Waals surface area contributed by atoms with Gasteiger partial charge >= 0.3 is 5.97 Å². The average molecular weight is 336 g/mol. The fourth-order valence-electron chi connectivity index (χ4n) is 2.45. The molecule has 0 atom stereocenters. The van der Waals surface area contributed by atoms with Gasteiger partial charge in [0.1, 0.15) is 6.42 Å². The summed E-state index contributed by atoms with van der Waals surface area (Å²) in [5.41, 5.74) is 1.53. The lowest BCUT2D eigenvalue weighted by atomic mass is 10.2. The van der Waals surface area contributed by atoms with Gasteiger partial charge < -0.3 is 10.1 Å². The summed E-state index contributed by atoms with van der Waals surface area (Å²) >= 11 is 6.20.